The second kappa shape index (κ2) is 15.2. The number of aliphatic carboxylic acids is 1. The fourth-order valence-electron chi connectivity index (χ4n) is 3.86. The van der Waals surface area contributed by atoms with Gasteiger partial charge in [-0.15, -0.1) is 0 Å². The van der Waals surface area contributed by atoms with E-state index in [1.165, 1.54) is 12.5 Å². The second-order valence-corrected chi connectivity index (χ2v) is 9.73. The van der Waals surface area contributed by atoms with Gasteiger partial charge in [-0.25, -0.2) is 9.78 Å². The number of carboxylic acids is 1. The van der Waals surface area contributed by atoms with Gasteiger partial charge in [-0.3, -0.25) is 19.2 Å². The molecule has 13 nitrogen and oxygen atoms in total. The molecule has 0 aliphatic heterocycles. The predicted octanol–water partition coefficient (Wildman–Crippen LogP) is -0.627. The quantitative estimate of drug-likeness (QED) is 0.144. The number of amides is 4. The number of rotatable bonds is 16. The summed E-state index contributed by atoms with van der Waals surface area (Å²) in [5.74, 6) is -4.03. The summed E-state index contributed by atoms with van der Waals surface area (Å²) in [6.07, 6.45) is 2.99. The van der Waals surface area contributed by atoms with E-state index in [1.54, 1.807) is 0 Å². The first-order valence-electron chi connectivity index (χ1n) is 12.6. The zero-order valence-corrected chi connectivity index (χ0v) is 22.1. The van der Waals surface area contributed by atoms with Gasteiger partial charge in [0.2, 0.25) is 23.6 Å². The van der Waals surface area contributed by atoms with Gasteiger partial charge in [0.25, 0.3) is 0 Å². The maximum absolute atomic E-state index is 13.4. The van der Waals surface area contributed by atoms with E-state index in [1.807, 2.05) is 44.2 Å². The van der Waals surface area contributed by atoms with Crippen molar-refractivity contribution in [2.24, 2.45) is 17.4 Å². The van der Waals surface area contributed by atoms with Crippen LogP contribution >= 0.6 is 0 Å². The third-order valence-electron chi connectivity index (χ3n) is 5.88. The number of carbonyl (C=O) groups is 5. The lowest BCUT2D eigenvalue weighted by Gasteiger charge is -2.26. The number of imidazole rings is 1. The molecule has 0 saturated heterocycles. The molecule has 0 saturated carbocycles. The fourth-order valence-corrected chi connectivity index (χ4v) is 3.86. The van der Waals surface area contributed by atoms with Crippen LogP contribution in [0.2, 0.25) is 0 Å². The van der Waals surface area contributed by atoms with Gasteiger partial charge in [0, 0.05) is 24.7 Å². The monoisotopic (exact) mass is 543 g/mol. The Hall–Kier alpha value is -4.26. The van der Waals surface area contributed by atoms with Crippen molar-refractivity contribution in [2.75, 3.05) is 0 Å². The summed E-state index contributed by atoms with van der Waals surface area (Å²) in [5, 5.41) is 17.1. The molecule has 0 radical (unpaired) electrons. The highest BCUT2D eigenvalue weighted by atomic mass is 16.4. The lowest BCUT2D eigenvalue weighted by Crippen LogP contribution is -2.58. The molecule has 4 unspecified atom stereocenters. The van der Waals surface area contributed by atoms with E-state index in [-0.39, 0.29) is 38.0 Å². The molecule has 1 aromatic carbocycles. The van der Waals surface area contributed by atoms with Crippen LogP contribution in [0.5, 0.6) is 0 Å². The molecule has 1 aromatic heterocycles. The van der Waals surface area contributed by atoms with Crippen LogP contribution in [0, 0.1) is 5.92 Å². The SMILES string of the molecule is CC(C)CC(NC(=O)C(Cc1cnc[nH]1)NC(=O)C(N)Cc1ccccc1)C(=O)NC(CCC(N)=O)C(=O)O. The van der Waals surface area contributed by atoms with Crippen LogP contribution in [0.1, 0.15) is 44.4 Å². The molecule has 4 atom stereocenters. The molecule has 4 amide bonds. The van der Waals surface area contributed by atoms with Crippen molar-refractivity contribution in [3.05, 3.63) is 54.1 Å². The van der Waals surface area contributed by atoms with E-state index in [0.717, 1.165) is 5.56 Å². The number of nitrogens with one attached hydrogen (secondary N) is 4. The first-order chi connectivity index (χ1) is 18.5. The van der Waals surface area contributed by atoms with Crippen LogP contribution in [0.3, 0.4) is 0 Å². The summed E-state index contributed by atoms with van der Waals surface area (Å²) in [6, 6.07) is 4.68. The number of nitrogens with two attached hydrogens (primary N) is 2. The molecule has 0 aliphatic rings. The molecular formula is C26H37N7O6. The molecule has 0 aliphatic carbocycles. The number of carboxylic acid groups (broad SMARTS) is 1. The number of carbonyl (C=O) groups excluding carboxylic acids is 4. The molecule has 212 valence electrons. The summed E-state index contributed by atoms with van der Waals surface area (Å²) in [5.41, 5.74) is 12.6. The Morgan fingerprint density at radius 1 is 0.923 bits per heavy atom. The maximum Gasteiger partial charge on any atom is 0.326 e. The Kier molecular flexibility index (Phi) is 12.1. The minimum Gasteiger partial charge on any atom is -0.480 e. The van der Waals surface area contributed by atoms with Crippen LogP contribution in [-0.2, 0) is 36.8 Å². The number of nitrogens with zero attached hydrogens (tertiary/aromatic N) is 1. The number of benzene rings is 1. The molecular weight excluding hydrogens is 506 g/mol. The Morgan fingerprint density at radius 2 is 1.54 bits per heavy atom. The molecule has 9 N–H and O–H groups in total. The fraction of sp³-hybridized carbons (Fsp3) is 0.462. The topological polar surface area (TPSA) is 222 Å². The van der Waals surface area contributed by atoms with E-state index in [4.69, 9.17) is 11.5 Å². The highest BCUT2D eigenvalue weighted by Gasteiger charge is 2.31. The minimum atomic E-state index is -1.37. The van der Waals surface area contributed by atoms with Crippen molar-refractivity contribution < 1.29 is 29.1 Å². The lowest BCUT2D eigenvalue weighted by atomic mass is 10.0. The summed E-state index contributed by atoms with van der Waals surface area (Å²) in [4.78, 5) is 68.8. The summed E-state index contributed by atoms with van der Waals surface area (Å²) in [7, 11) is 0. The van der Waals surface area contributed by atoms with Gasteiger partial charge >= 0.3 is 5.97 Å². The molecule has 13 heteroatoms. The number of aromatic nitrogens is 2. The third-order valence-corrected chi connectivity index (χ3v) is 5.88. The van der Waals surface area contributed by atoms with E-state index in [2.05, 4.69) is 25.9 Å². The highest BCUT2D eigenvalue weighted by molar-refractivity contribution is 5.94. The summed E-state index contributed by atoms with van der Waals surface area (Å²) < 4.78 is 0. The number of hydrogen-bond donors (Lipinski definition) is 7. The molecule has 1 heterocycles. The normalized spacial score (nSPS) is 14.1. The summed E-state index contributed by atoms with van der Waals surface area (Å²) >= 11 is 0. The first kappa shape index (κ1) is 31.0. The van der Waals surface area contributed by atoms with E-state index in [0.29, 0.717) is 5.69 Å². The Bertz CT molecular complexity index is 1110. The Labute approximate surface area is 226 Å². The largest absolute Gasteiger partial charge is 0.480 e. The molecule has 0 spiro atoms. The average Bonchev–Trinajstić information content (AvgIpc) is 3.38. The molecule has 39 heavy (non-hydrogen) atoms. The standard InChI is InChI=1S/C26H37N7O6/c1-15(2)10-20(24(36)31-19(26(38)39)8-9-22(28)34)33-25(37)21(12-17-13-29-14-30-17)32-23(35)18(27)11-16-6-4-3-5-7-16/h3-7,13-15,18-21H,8-12,27H2,1-2H3,(H2,28,34)(H,29,30)(H,31,36)(H,32,35)(H,33,37)(H,38,39). The van der Waals surface area contributed by atoms with Crippen molar-refractivity contribution in [3.63, 3.8) is 0 Å². The second-order valence-electron chi connectivity index (χ2n) is 9.73. The highest BCUT2D eigenvalue weighted by Crippen LogP contribution is 2.09. The van der Waals surface area contributed by atoms with Crippen LogP contribution < -0.4 is 27.4 Å². The van der Waals surface area contributed by atoms with Crippen LogP contribution in [0.25, 0.3) is 0 Å². The van der Waals surface area contributed by atoms with Gasteiger partial charge < -0.3 is 37.5 Å². The van der Waals surface area contributed by atoms with Crippen LogP contribution in [0.15, 0.2) is 42.9 Å². The average molecular weight is 544 g/mol. The zero-order chi connectivity index (χ0) is 28.9. The van der Waals surface area contributed by atoms with Crippen molar-refractivity contribution in [2.45, 2.75) is 70.1 Å². The molecule has 0 bridgehead atoms. The van der Waals surface area contributed by atoms with Gasteiger partial charge in [0.15, 0.2) is 0 Å². The van der Waals surface area contributed by atoms with Gasteiger partial charge in [-0.05, 0) is 30.7 Å². The zero-order valence-electron chi connectivity index (χ0n) is 22.1. The first-order valence-corrected chi connectivity index (χ1v) is 12.6. The molecule has 2 rings (SSSR count). The number of aromatic amines is 1. The third kappa shape index (κ3) is 10.9. The van der Waals surface area contributed by atoms with Gasteiger partial charge in [0.1, 0.15) is 18.1 Å². The van der Waals surface area contributed by atoms with Crippen molar-refractivity contribution in [3.8, 4) is 0 Å². The van der Waals surface area contributed by atoms with Gasteiger partial charge in [-0.2, -0.15) is 0 Å². The number of H-pyrrole nitrogens is 1. The maximum atomic E-state index is 13.4. The van der Waals surface area contributed by atoms with Crippen LogP contribution in [0.4, 0.5) is 0 Å². The van der Waals surface area contributed by atoms with Crippen molar-refractivity contribution >= 4 is 29.6 Å². The van der Waals surface area contributed by atoms with Crippen molar-refractivity contribution in [1.82, 2.24) is 25.9 Å². The van der Waals surface area contributed by atoms with E-state index in [9.17, 15) is 29.1 Å². The smallest absolute Gasteiger partial charge is 0.326 e. The van der Waals surface area contributed by atoms with Crippen molar-refractivity contribution in [1.29, 1.82) is 0 Å². The van der Waals surface area contributed by atoms with E-state index < -0.39 is 53.8 Å². The number of hydrogen-bond acceptors (Lipinski definition) is 7. The Balaban J connectivity index is 2.16. The molecule has 2 aromatic rings. The number of primary amides is 1. The van der Waals surface area contributed by atoms with Gasteiger partial charge in [0.05, 0.1) is 12.4 Å². The molecule has 0 fully saturated rings. The lowest BCUT2D eigenvalue weighted by molar-refractivity contribution is -0.142. The van der Waals surface area contributed by atoms with Gasteiger partial charge in [-0.1, -0.05) is 44.2 Å². The Morgan fingerprint density at radius 3 is 2.10 bits per heavy atom. The van der Waals surface area contributed by atoms with E-state index >= 15 is 0 Å². The predicted molar refractivity (Wildman–Crippen MR) is 142 cm³/mol. The minimum absolute atomic E-state index is 0.0437. The summed E-state index contributed by atoms with van der Waals surface area (Å²) in [6.45, 7) is 3.67. The van der Waals surface area contributed by atoms with Crippen LogP contribution in [-0.4, -0.2) is 68.8 Å².